The van der Waals surface area contributed by atoms with E-state index >= 15 is 0 Å². The Morgan fingerprint density at radius 3 is 2.33 bits per heavy atom. The highest BCUT2D eigenvalue weighted by molar-refractivity contribution is 5.76. The van der Waals surface area contributed by atoms with Gasteiger partial charge >= 0.3 is 0 Å². The summed E-state index contributed by atoms with van der Waals surface area (Å²) < 4.78 is 0. The molecule has 0 bridgehead atoms. The average Bonchev–Trinajstić information content (AvgIpc) is 2.36. The molecule has 1 aromatic rings. The van der Waals surface area contributed by atoms with Gasteiger partial charge in [-0.2, -0.15) is 0 Å². The van der Waals surface area contributed by atoms with Crippen molar-refractivity contribution >= 4 is 5.91 Å². The lowest BCUT2D eigenvalue weighted by molar-refractivity contribution is -0.122. The molecule has 0 heterocycles. The van der Waals surface area contributed by atoms with E-state index in [1.54, 1.807) is 0 Å². The van der Waals surface area contributed by atoms with Crippen molar-refractivity contribution < 1.29 is 4.79 Å². The fourth-order valence-corrected chi connectivity index (χ4v) is 1.95. The largest absolute Gasteiger partial charge is 0.350 e. The summed E-state index contributed by atoms with van der Waals surface area (Å²) in [5.41, 5.74) is 6.81. The van der Waals surface area contributed by atoms with Gasteiger partial charge in [-0.05, 0) is 30.9 Å². The second kappa shape index (κ2) is 7.17. The molecule has 0 saturated carbocycles. The Kier molecular flexibility index (Phi) is 5.86. The van der Waals surface area contributed by atoms with Crippen LogP contribution in [0, 0.1) is 11.8 Å². The van der Waals surface area contributed by atoms with Gasteiger partial charge in [0, 0.05) is 6.42 Å². The summed E-state index contributed by atoms with van der Waals surface area (Å²) in [5, 5.41) is 3.02. The Labute approximate surface area is 110 Å². The number of benzene rings is 1. The van der Waals surface area contributed by atoms with Crippen LogP contribution in [0.1, 0.15) is 38.8 Å². The van der Waals surface area contributed by atoms with E-state index in [1.807, 2.05) is 37.3 Å². The molecule has 3 heteroatoms. The number of nitrogens with two attached hydrogens (primary N) is 1. The van der Waals surface area contributed by atoms with Gasteiger partial charge in [0.25, 0.3) is 0 Å². The van der Waals surface area contributed by atoms with E-state index in [2.05, 4.69) is 19.2 Å². The van der Waals surface area contributed by atoms with Crippen molar-refractivity contribution in [3.63, 3.8) is 0 Å². The fraction of sp³-hybridized carbons (Fsp3) is 0.533. The fourth-order valence-electron chi connectivity index (χ4n) is 1.95. The number of hydrogen-bond donors (Lipinski definition) is 2. The molecule has 2 unspecified atom stereocenters. The average molecular weight is 248 g/mol. The monoisotopic (exact) mass is 248 g/mol. The third kappa shape index (κ3) is 4.49. The maximum Gasteiger partial charge on any atom is 0.220 e. The minimum Gasteiger partial charge on any atom is -0.350 e. The molecule has 3 nitrogen and oxygen atoms in total. The van der Waals surface area contributed by atoms with Crippen LogP contribution in [0.3, 0.4) is 0 Å². The van der Waals surface area contributed by atoms with Gasteiger partial charge in [-0.1, -0.05) is 44.2 Å². The lowest BCUT2D eigenvalue weighted by Crippen LogP contribution is -2.32. The zero-order chi connectivity index (χ0) is 13.5. The molecule has 1 rings (SSSR count). The molecule has 0 spiro atoms. The molecule has 1 amide bonds. The second-order valence-corrected chi connectivity index (χ2v) is 5.14. The molecule has 100 valence electrons. The first-order valence-corrected chi connectivity index (χ1v) is 6.59. The molecule has 3 N–H and O–H groups in total. The number of carbonyl (C=O) groups excluding carboxylic acids is 1. The van der Waals surface area contributed by atoms with Crippen LogP contribution in [0.2, 0.25) is 0 Å². The zero-order valence-corrected chi connectivity index (χ0v) is 11.5. The highest BCUT2D eigenvalue weighted by Gasteiger charge is 2.17. The van der Waals surface area contributed by atoms with Gasteiger partial charge in [0.2, 0.25) is 5.91 Å². The number of hydrogen-bond acceptors (Lipinski definition) is 2. The van der Waals surface area contributed by atoms with Crippen molar-refractivity contribution in [2.75, 3.05) is 6.54 Å². The van der Waals surface area contributed by atoms with E-state index in [4.69, 9.17) is 5.73 Å². The molecule has 0 aliphatic rings. The van der Waals surface area contributed by atoms with Crippen LogP contribution in [0.25, 0.3) is 0 Å². The highest BCUT2D eigenvalue weighted by atomic mass is 16.1. The number of rotatable bonds is 6. The Hall–Kier alpha value is -1.35. The molecule has 1 aromatic carbocycles. The van der Waals surface area contributed by atoms with E-state index in [-0.39, 0.29) is 17.9 Å². The van der Waals surface area contributed by atoms with Gasteiger partial charge in [-0.25, -0.2) is 0 Å². The predicted molar refractivity (Wildman–Crippen MR) is 75.0 cm³/mol. The Morgan fingerprint density at radius 1 is 1.22 bits per heavy atom. The summed E-state index contributed by atoms with van der Waals surface area (Å²) in [6.45, 7) is 6.77. The van der Waals surface area contributed by atoms with Crippen molar-refractivity contribution in [1.29, 1.82) is 0 Å². The molecule has 0 radical (unpaired) electrons. The first-order chi connectivity index (χ1) is 8.54. The normalized spacial score (nSPS) is 14.3. The lowest BCUT2D eigenvalue weighted by atomic mass is 9.92. The Balaban J connectivity index is 2.50. The van der Waals surface area contributed by atoms with E-state index in [0.717, 1.165) is 5.56 Å². The van der Waals surface area contributed by atoms with Crippen LogP contribution in [0.15, 0.2) is 30.3 Å². The molecule has 2 atom stereocenters. The zero-order valence-electron chi connectivity index (χ0n) is 11.5. The molecular weight excluding hydrogens is 224 g/mol. The number of carbonyl (C=O) groups is 1. The minimum absolute atomic E-state index is 0.0456. The van der Waals surface area contributed by atoms with Crippen LogP contribution in [-0.2, 0) is 4.79 Å². The lowest BCUT2D eigenvalue weighted by Gasteiger charge is -2.20. The van der Waals surface area contributed by atoms with Crippen LogP contribution in [0.5, 0.6) is 0 Å². The van der Waals surface area contributed by atoms with E-state index in [1.165, 1.54) is 0 Å². The SMILES string of the molecule is CC(NC(=O)CC(CN)C(C)C)c1ccccc1. The summed E-state index contributed by atoms with van der Waals surface area (Å²) in [5.74, 6) is 0.774. The molecule has 0 aliphatic carbocycles. The molecule has 0 saturated heterocycles. The van der Waals surface area contributed by atoms with Gasteiger partial charge in [-0.3, -0.25) is 4.79 Å². The van der Waals surface area contributed by atoms with E-state index < -0.39 is 0 Å². The van der Waals surface area contributed by atoms with Crippen molar-refractivity contribution in [3.05, 3.63) is 35.9 Å². The maximum atomic E-state index is 11.9. The summed E-state index contributed by atoms with van der Waals surface area (Å²) in [6, 6.07) is 10.0. The second-order valence-electron chi connectivity index (χ2n) is 5.14. The summed E-state index contributed by atoms with van der Waals surface area (Å²) in [7, 11) is 0. The molecule has 0 aliphatic heterocycles. The molecule has 0 fully saturated rings. The predicted octanol–water partition coefficient (Wildman–Crippen LogP) is 2.48. The molecular formula is C15H24N2O. The van der Waals surface area contributed by atoms with Crippen LogP contribution >= 0.6 is 0 Å². The van der Waals surface area contributed by atoms with Gasteiger partial charge in [0.05, 0.1) is 6.04 Å². The first-order valence-electron chi connectivity index (χ1n) is 6.59. The Morgan fingerprint density at radius 2 is 1.83 bits per heavy atom. The summed E-state index contributed by atoms with van der Waals surface area (Å²) >= 11 is 0. The highest BCUT2D eigenvalue weighted by Crippen LogP contribution is 2.16. The van der Waals surface area contributed by atoms with Crippen LogP contribution in [-0.4, -0.2) is 12.5 Å². The van der Waals surface area contributed by atoms with Gasteiger partial charge < -0.3 is 11.1 Å². The number of amides is 1. The van der Waals surface area contributed by atoms with Gasteiger partial charge in [0.15, 0.2) is 0 Å². The third-order valence-corrected chi connectivity index (χ3v) is 3.37. The summed E-state index contributed by atoms with van der Waals surface area (Å²) in [6.07, 6.45) is 0.505. The Bertz CT molecular complexity index is 362. The van der Waals surface area contributed by atoms with Crippen molar-refractivity contribution in [2.24, 2.45) is 17.6 Å². The maximum absolute atomic E-state index is 11.9. The minimum atomic E-state index is 0.0456. The van der Waals surface area contributed by atoms with Crippen molar-refractivity contribution in [1.82, 2.24) is 5.32 Å². The molecule has 0 aromatic heterocycles. The van der Waals surface area contributed by atoms with Crippen molar-refractivity contribution in [2.45, 2.75) is 33.2 Å². The van der Waals surface area contributed by atoms with Crippen LogP contribution in [0.4, 0.5) is 0 Å². The third-order valence-electron chi connectivity index (χ3n) is 3.37. The van der Waals surface area contributed by atoms with Crippen molar-refractivity contribution in [3.8, 4) is 0 Å². The quantitative estimate of drug-likeness (QED) is 0.812. The topological polar surface area (TPSA) is 55.1 Å². The number of nitrogens with one attached hydrogen (secondary N) is 1. The smallest absolute Gasteiger partial charge is 0.220 e. The summed E-state index contributed by atoms with van der Waals surface area (Å²) in [4.78, 5) is 11.9. The van der Waals surface area contributed by atoms with Gasteiger partial charge in [0.1, 0.15) is 0 Å². The van der Waals surface area contributed by atoms with E-state index in [0.29, 0.717) is 18.9 Å². The first kappa shape index (κ1) is 14.7. The van der Waals surface area contributed by atoms with Crippen LogP contribution < -0.4 is 11.1 Å². The van der Waals surface area contributed by atoms with Gasteiger partial charge in [-0.15, -0.1) is 0 Å². The standard InChI is InChI=1S/C15H24N2O/c1-11(2)14(10-16)9-15(18)17-12(3)13-7-5-4-6-8-13/h4-8,11-12,14H,9-10,16H2,1-3H3,(H,17,18). The molecule has 18 heavy (non-hydrogen) atoms. The van der Waals surface area contributed by atoms with E-state index in [9.17, 15) is 4.79 Å².